The first-order valence-corrected chi connectivity index (χ1v) is 9.01. The molecule has 2 aliphatic rings. The number of hydrogen-bond acceptors (Lipinski definition) is 5. The highest BCUT2D eigenvalue weighted by molar-refractivity contribution is 7.89. The Morgan fingerprint density at radius 2 is 2.00 bits per heavy atom. The van der Waals surface area contributed by atoms with Gasteiger partial charge < -0.3 is 10.1 Å². The standard InChI is InChI=1S/C15H19FN2O4S.ClH/c1-22-15(19)13-8-10(16)2-5-14(13)23(20,21)18-11-3-4-12(18)9-17-7-6-11;/h2,5,8,11-12,17H,3-4,6-7,9H2,1H3;1H. The third-order valence-corrected chi connectivity index (χ3v) is 6.55. The molecule has 1 aromatic carbocycles. The lowest BCUT2D eigenvalue weighted by Gasteiger charge is -2.27. The zero-order chi connectivity index (χ0) is 16.6. The van der Waals surface area contributed by atoms with Crippen LogP contribution in [-0.2, 0) is 14.8 Å². The van der Waals surface area contributed by atoms with Crippen LogP contribution in [0.3, 0.4) is 0 Å². The minimum atomic E-state index is -3.90. The number of methoxy groups -OCH3 is 1. The van der Waals surface area contributed by atoms with Crippen molar-refractivity contribution in [1.82, 2.24) is 9.62 Å². The molecule has 2 aliphatic heterocycles. The molecule has 0 radical (unpaired) electrons. The first-order chi connectivity index (χ1) is 10.9. The summed E-state index contributed by atoms with van der Waals surface area (Å²) in [4.78, 5) is 11.7. The number of nitrogens with zero attached hydrogens (tertiary/aromatic N) is 1. The molecule has 0 amide bonds. The van der Waals surface area contributed by atoms with Gasteiger partial charge in [-0.1, -0.05) is 0 Å². The Balaban J connectivity index is 0.00000208. The van der Waals surface area contributed by atoms with Crippen molar-refractivity contribution in [2.45, 2.75) is 36.2 Å². The summed E-state index contributed by atoms with van der Waals surface area (Å²) in [6.07, 6.45) is 2.32. The minimum absolute atomic E-state index is 0. The first kappa shape index (κ1) is 19.1. The molecule has 2 fully saturated rings. The number of fused-ring (bicyclic) bond motifs is 2. The third-order valence-electron chi connectivity index (χ3n) is 4.49. The minimum Gasteiger partial charge on any atom is -0.465 e. The average Bonchev–Trinajstić information content (AvgIpc) is 2.79. The maximum absolute atomic E-state index is 13.5. The van der Waals surface area contributed by atoms with E-state index in [-0.39, 0.29) is 34.9 Å². The van der Waals surface area contributed by atoms with E-state index in [4.69, 9.17) is 0 Å². The largest absolute Gasteiger partial charge is 0.465 e. The lowest BCUT2D eigenvalue weighted by Crippen LogP contribution is -2.42. The highest BCUT2D eigenvalue weighted by Gasteiger charge is 2.44. The molecule has 134 valence electrons. The molecule has 6 nitrogen and oxygen atoms in total. The Morgan fingerprint density at radius 3 is 2.71 bits per heavy atom. The van der Waals surface area contributed by atoms with E-state index in [1.165, 1.54) is 4.31 Å². The highest BCUT2D eigenvalue weighted by Crippen LogP contribution is 2.35. The van der Waals surface area contributed by atoms with E-state index in [0.29, 0.717) is 6.54 Å². The summed E-state index contributed by atoms with van der Waals surface area (Å²) in [7, 11) is -2.76. The van der Waals surface area contributed by atoms with Crippen LogP contribution in [0.1, 0.15) is 29.6 Å². The molecule has 2 unspecified atom stereocenters. The van der Waals surface area contributed by atoms with Crippen LogP contribution in [0.15, 0.2) is 23.1 Å². The summed E-state index contributed by atoms with van der Waals surface area (Å²) in [6.45, 7) is 1.35. The zero-order valence-corrected chi connectivity index (χ0v) is 14.8. The van der Waals surface area contributed by atoms with Crippen LogP contribution in [0.4, 0.5) is 4.39 Å². The summed E-state index contributed by atoms with van der Waals surface area (Å²) < 4.78 is 45.8. The molecule has 0 saturated carbocycles. The zero-order valence-electron chi connectivity index (χ0n) is 13.2. The van der Waals surface area contributed by atoms with Crippen molar-refractivity contribution in [2.75, 3.05) is 20.2 Å². The molecule has 0 aromatic heterocycles. The number of hydrogen-bond donors (Lipinski definition) is 1. The number of carbonyl (C=O) groups is 1. The van der Waals surface area contributed by atoms with Crippen molar-refractivity contribution in [2.24, 2.45) is 0 Å². The predicted octanol–water partition coefficient (Wildman–Crippen LogP) is 1.55. The Kier molecular flexibility index (Phi) is 5.85. The summed E-state index contributed by atoms with van der Waals surface area (Å²) in [5.41, 5.74) is -0.260. The van der Waals surface area contributed by atoms with Crippen molar-refractivity contribution >= 4 is 28.4 Å². The van der Waals surface area contributed by atoms with Gasteiger partial charge in [-0.2, -0.15) is 4.31 Å². The van der Waals surface area contributed by atoms with Crippen LogP contribution in [0.2, 0.25) is 0 Å². The number of ether oxygens (including phenoxy) is 1. The SMILES string of the molecule is COC(=O)c1cc(F)ccc1S(=O)(=O)N1C2CCNCC1CC2.Cl. The Labute approximate surface area is 146 Å². The fourth-order valence-corrected chi connectivity index (χ4v) is 5.50. The molecular formula is C15H20ClFN2O4S. The molecule has 24 heavy (non-hydrogen) atoms. The number of benzene rings is 1. The number of nitrogens with one attached hydrogen (secondary N) is 1. The van der Waals surface area contributed by atoms with E-state index in [1.807, 2.05) is 0 Å². The third kappa shape index (κ3) is 3.28. The van der Waals surface area contributed by atoms with Crippen LogP contribution < -0.4 is 5.32 Å². The number of rotatable bonds is 3. The fraction of sp³-hybridized carbons (Fsp3) is 0.533. The van der Waals surface area contributed by atoms with E-state index >= 15 is 0 Å². The van der Waals surface area contributed by atoms with Gasteiger partial charge in [0.25, 0.3) is 0 Å². The molecule has 9 heteroatoms. The Hall–Kier alpha value is -1.22. The molecule has 0 aliphatic carbocycles. The maximum atomic E-state index is 13.5. The van der Waals surface area contributed by atoms with Gasteiger partial charge in [0.1, 0.15) is 5.82 Å². The molecular weight excluding hydrogens is 359 g/mol. The van der Waals surface area contributed by atoms with Crippen molar-refractivity contribution < 1.29 is 22.3 Å². The fourth-order valence-electron chi connectivity index (χ4n) is 3.44. The molecule has 2 atom stereocenters. The topological polar surface area (TPSA) is 75.7 Å². The lowest BCUT2D eigenvalue weighted by atomic mass is 10.1. The predicted molar refractivity (Wildman–Crippen MR) is 88.3 cm³/mol. The molecule has 2 bridgehead atoms. The van der Waals surface area contributed by atoms with E-state index in [2.05, 4.69) is 10.1 Å². The summed E-state index contributed by atoms with van der Waals surface area (Å²) >= 11 is 0. The van der Waals surface area contributed by atoms with Gasteiger partial charge in [0.05, 0.1) is 17.6 Å². The molecule has 2 saturated heterocycles. The smallest absolute Gasteiger partial charge is 0.339 e. The van der Waals surface area contributed by atoms with Gasteiger partial charge in [-0.05, 0) is 44.0 Å². The van der Waals surface area contributed by atoms with Gasteiger partial charge in [-0.3, -0.25) is 0 Å². The number of esters is 1. The number of halogens is 2. The van der Waals surface area contributed by atoms with Gasteiger partial charge in [0.15, 0.2) is 0 Å². The average molecular weight is 379 g/mol. The van der Waals surface area contributed by atoms with Gasteiger partial charge >= 0.3 is 5.97 Å². The molecule has 3 rings (SSSR count). The normalized spacial score (nSPS) is 24.1. The van der Waals surface area contributed by atoms with Crippen molar-refractivity contribution in [3.63, 3.8) is 0 Å². The summed E-state index contributed by atoms with van der Waals surface area (Å²) in [5.74, 6) is -1.53. The van der Waals surface area contributed by atoms with E-state index in [0.717, 1.165) is 51.1 Å². The Bertz CT molecular complexity index is 714. The van der Waals surface area contributed by atoms with Crippen molar-refractivity contribution in [3.05, 3.63) is 29.6 Å². The van der Waals surface area contributed by atoms with Crippen LogP contribution in [0.5, 0.6) is 0 Å². The van der Waals surface area contributed by atoms with E-state index < -0.39 is 21.8 Å². The van der Waals surface area contributed by atoms with E-state index in [9.17, 15) is 17.6 Å². The lowest BCUT2D eigenvalue weighted by molar-refractivity contribution is 0.0595. The van der Waals surface area contributed by atoms with Crippen LogP contribution in [0.25, 0.3) is 0 Å². The second kappa shape index (κ2) is 7.35. The summed E-state index contributed by atoms with van der Waals surface area (Å²) in [6, 6.07) is 2.89. The van der Waals surface area contributed by atoms with Crippen LogP contribution >= 0.6 is 12.4 Å². The maximum Gasteiger partial charge on any atom is 0.339 e. The Morgan fingerprint density at radius 1 is 1.29 bits per heavy atom. The van der Waals surface area contributed by atoms with E-state index in [1.54, 1.807) is 0 Å². The van der Waals surface area contributed by atoms with Gasteiger partial charge in [-0.15, -0.1) is 12.4 Å². The second-order valence-corrected chi connectivity index (χ2v) is 7.66. The van der Waals surface area contributed by atoms with Crippen molar-refractivity contribution in [1.29, 1.82) is 0 Å². The molecule has 2 heterocycles. The summed E-state index contributed by atoms with van der Waals surface area (Å²) in [5, 5.41) is 3.23. The first-order valence-electron chi connectivity index (χ1n) is 7.57. The number of sulfonamides is 1. The van der Waals surface area contributed by atoms with Crippen LogP contribution in [0, 0.1) is 5.82 Å². The van der Waals surface area contributed by atoms with Gasteiger partial charge in [-0.25, -0.2) is 17.6 Å². The van der Waals surface area contributed by atoms with Crippen LogP contribution in [-0.4, -0.2) is 51.0 Å². The monoisotopic (exact) mass is 378 g/mol. The quantitative estimate of drug-likeness (QED) is 0.808. The molecule has 1 N–H and O–H groups in total. The molecule has 0 spiro atoms. The number of carbonyl (C=O) groups excluding carboxylic acids is 1. The highest BCUT2D eigenvalue weighted by atomic mass is 35.5. The van der Waals surface area contributed by atoms with Gasteiger partial charge in [0.2, 0.25) is 10.0 Å². The van der Waals surface area contributed by atoms with Gasteiger partial charge in [0, 0.05) is 18.6 Å². The van der Waals surface area contributed by atoms with Crippen molar-refractivity contribution in [3.8, 4) is 0 Å². The second-order valence-electron chi connectivity index (χ2n) is 5.84. The molecule has 1 aromatic rings.